The number of hydrogen-bond acceptors (Lipinski definition) is 6. The first-order chi connectivity index (χ1) is 12.6. The van der Waals surface area contributed by atoms with Crippen molar-refractivity contribution in [3.05, 3.63) is 41.8 Å². The zero-order valence-electron chi connectivity index (χ0n) is 14.6. The second kappa shape index (κ2) is 6.89. The first kappa shape index (κ1) is 16.7. The van der Waals surface area contributed by atoms with Crippen molar-refractivity contribution in [1.82, 2.24) is 14.9 Å². The summed E-state index contributed by atoms with van der Waals surface area (Å²) in [5.41, 5.74) is 1.23. The van der Waals surface area contributed by atoms with Crippen LogP contribution in [0, 0.1) is 17.1 Å². The number of hydrogen-bond donors (Lipinski definition) is 2. The Bertz CT molecular complexity index is 834. The Morgan fingerprint density at radius 1 is 1.27 bits per heavy atom. The smallest absolute Gasteiger partial charge is 0.229 e. The van der Waals surface area contributed by atoms with Crippen LogP contribution in [-0.2, 0) is 0 Å². The van der Waals surface area contributed by atoms with Crippen LogP contribution in [0.3, 0.4) is 0 Å². The third kappa shape index (κ3) is 3.33. The summed E-state index contributed by atoms with van der Waals surface area (Å²) < 4.78 is 14.2. The van der Waals surface area contributed by atoms with E-state index >= 15 is 0 Å². The van der Waals surface area contributed by atoms with Crippen LogP contribution in [0.1, 0.15) is 31.2 Å². The molecule has 2 fully saturated rings. The highest BCUT2D eigenvalue weighted by molar-refractivity contribution is 5.57. The molecule has 0 spiro atoms. The van der Waals surface area contributed by atoms with Crippen LogP contribution in [0.15, 0.2) is 30.5 Å². The number of fused-ring (bicyclic) bond motifs is 2. The van der Waals surface area contributed by atoms with E-state index in [2.05, 4.69) is 38.6 Å². The summed E-state index contributed by atoms with van der Waals surface area (Å²) in [7, 11) is 2.18. The molecule has 2 aromatic rings. The van der Waals surface area contributed by atoms with Crippen LogP contribution in [0.2, 0.25) is 0 Å². The van der Waals surface area contributed by atoms with Crippen molar-refractivity contribution < 1.29 is 4.39 Å². The fourth-order valence-electron chi connectivity index (χ4n) is 4.05. The van der Waals surface area contributed by atoms with E-state index < -0.39 is 5.82 Å². The number of nitrogens with zero attached hydrogens (tertiary/aromatic N) is 4. The van der Waals surface area contributed by atoms with E-state index in [-0.39, 0.29) is 11.9 Å². The molecule has 0 aliphatic carbocycles. The van der Waals surface area contributed by atoms with Crippen molar-refractivity contribution in [2.45, 2.75) is 43.8 Å². The fourth-order valence-corrected chi connectivity index (χ4v) is 4.05. The lowest BCUT2D eigenvalue weighted by Crippen LogP contribution is -2.44. The van der Waals surface area contributed by atoms with Gasteiger partial charge in [-0.1, -0.05) is 6.07 Å². The minimum absolute atomic E-state index is 0.225. The number of nitriles is 1. The van der Waals surface area contributed by atoms with Crippen LogP contribution in [0.4, 0.5) is 21.8 Å². The van der Waals surface area contributed by atoms with Crippen molar-refractivity contribution in [1.29, 1.82) is 5.26 Å². The standard InChI is InChI=1S/C19H21FN6/c1-26-15-5-6-16(26)9-14(8-15)23-18-17(20)11-22-19(25-18)24-13-4-2-3-12(7-13)10-21/h2-4,7,11,14-16H,5-6,8-9H2,1H3,(H2,22,23,24,25)/t14?,15-,16+. The number of anilines is 3. The highest BCUT2D eigenvalue weighted by Crippen LogP contribution is 2.35. The van der Waals surface area contributed by atoms with Crippen molar-refractivity contribution >= 4 is 17.5 Å². The number of halogens is 1. The molecule has 0 saturated carbocycles. The van der Waals surface area contributed by atoms with Gasteiger partial charge >= 0.3 is 0 Å². The normalized spacial score (nSPS) is 24.9. The maximum absolute atomic E-state index is 14.2. The molecule has 2 bridgehead atoms. The molecule has 1 aromatic heterocycles. The summed E-state index contributed by atoms with van der Waals surface area (Å²) in [6.07, 6.45) is 5.61. The molecule has 1 unspecified atom stereocenters. The number of piperidine rings is 1. The van der Waals surface area contributed by atoms with Crippen LogP contribution in [-0.4, -0.2) is 40.0 Å². The average molecular weight is 352 g/mol. The molecule has 4 rings (SSSR count). The Balaban J connectivity index is 1.49. The van der Waals surface area contributed by atoms with Gasteiger partial charge in [0.15, 0.2) is 11.6 Å². The third-order valence-electron chi connectivity index (χ3n) is 5.43. The molecule has 2 N–H and O–H groups in total. The number of aromatic nitrogens is 2. The summed E-state index contributed by atoms with van der Waals surface area (Å²) in [4.78, 5) is 10.8. The average Bonchev–Trinajstić information content (AvgIpc) is 2.85. The highest BCUT2D eigenvalue weighted by Gasteiger charge is 2.38. The monoisotopic (exact) mass is 352 g/mol. The molecule has 7 heteroatoms. The molecule has 2 saturated heterocycles. The maximum Gasteiger partial charge on any atom is 0.229 e. The van der Waals surface area contributed by atoms with Crippen molar-refractivity contribution in [3.8, 4) is 6.07 Å². The molecular formula is C19H21FN6. The van der Waals surface area contributed by atoms with Gasteiger partial charge < -0.3 is 15.5 Å². The van der Waals surface area contributed by atoms with Gasteiger partial charge in [0.05, 0.1) is 17.8 Å². The maximum atomic E-state index is 14.2. The van der Waals surface area contributed by atoms with Gasteiger partial charge in [0.25, 0.3) is 0 Å². The zero-order valence-corrected chi connectivity index (χ0v) is 14.6. The molecule has 1 aromatic carbocycles. The summed E-state index contributed by atoms with van der Waals surface area (Å²) in [5.74, 6) is 0.0837. The molecule has 2 aliphatic rings. The van der Waals surface area contributed by atoms with Gasteiger partial charge in [0, 0.05) is 23.8 Å². The minimum Gasteiger partial charge on any atom is -0.365 e. The molecule has 2 aliphatic heterocycles. The molecule has 6 nitrogen and oxygen atoms in total. The Hall–Kier alpha value is -2.72. The second-order valence-electron chi connectivity index (χ2n) is 7.07. The largest absolute Gasteiger partial charge is 0.365 e. The topological polar surface area (TPSA) is 76.9 Å². The van der Waals surface area contributed by atoms with Gasteiger partial charge in [-0.25, -0.2) is 9.37 Å². The van der Waals surface area contributed by atoms with Gasteiger partial charge in [-0.3, -0.25) is 0 Å². The van der Waals surface area contributed by atoms with E-state index in [0.29, 0.717) is 29.3 Å². The zero-order chi connectivity index (χ0) is 18.1. The lowest BCUT2D eigenvalue weighted by Gasteiger charge is -2.36. The van der Waals surface area contributed by atoms with E-state index in [1.54, 1.807) is 18.2 Å². The first-order valence-electron chi connectivity index (χ1n) is 8.90. The van der Waals surface area contributed by atoms with Crippen LogP contribution in [0.25, 0.3) is 0 Å². The lowest BCUT2D eigenvalue weighted by atomic mass is 9.98. The van der Waals surface area contributed by atoms with Crippen molar-refractivity contribution in [2.75, 3.05) is 17.7 Å². The van der Waals surface area contributed by atoms with Gasteiger partial charge in [0.1, 0.15) is 0 Å². The summed E-state index contributed by atoms with van der Waals surface area (Å²) in [6.45, 7) is 0. The molecule has 0 amide bonds. The van der Waals surface area contributed by atoms with Gasteiger partial charge in [-0.2, -0.15) is 10.2 Å². The predicted octanol–water partition coefficient (Wildman–Crippen LogP) is 3.27. The fraction of sp³-hybridized carbons (Fsp3) is 0.421. The molecule has 26 heavy (non-hydrogen) atoms. The number of rotatable bonds is 4. The van der Waals surface area contributed by atoms with Crippen molar-refractivity contribution in [2.24, 2.45) is 0 Å². The van der Waals surface area contributed by atoms with Gasteiger partial charge in [-0.15, -0.1) is 0 Å². The summed E-state index contributed by atoms with van der Waals surface area (Å²) in [5, 5.41) is 15.3. The van der Waals surface area contributed by atoms with Crippen molar-refractivity contribution in [3.63, 3.8) is 0 Å². The predicted molar refractivity (Wildman–Crippen MR) is 97.6 cm³/mol. The number of nitrogens with one attached hydrogen (secondary N) is 2. The molecular weight excluding hydrogens is 331 g/mol. The van der Waals surface area contributed by atoms with E-state index in [9.17, 15) is 4.39 Å². The minimum atomic E-state index is -0.451. The Morgan fingerprint density at radius 2 is 2.04 bits per heavy atom. The third-order valence-corrected chi connectivity index (χ3v) is 5.43. The van der Waals surface area contributed by atoms with E-state index in [1.807, 2.05) is 6.07 Å². The number of benzene rings is 1. The van der Waals surface area contributed by atoms with Gasteiger partial charge in [-0.05, 0) is 50.9 Å². The van der Waals surface area contributed by atoms with E-state index in [4.69, 9.17) is 5.26 Å². The molecule has 134 valence electrons. The first-order valence-corrected chi connectivity index (χ1v) is 8.90. The van der Waals surface area contributed by atoms with Crippen LogP contribution < -0.4 is 10.6 Å². The molecule has 0 radical (unpaired) electrons. The Labute approximate surface area is 152 Å². The van der Waals surface area contributed by atoms with Crippen LogP contribution >= 0.6 is 0 Å². The van der Waals surface area contributed by atoms with E-state index in [1.165, 1.54) is 19.0 Å². The Morgan fingerprint density at radius 3 is 2.77 bits per heavy atom. The van der Waals surface area contributed by atoms with Crippen LogP contribution in [0.5, 0.6) is 0 Å². The summed E-state index contributed by atoms with van der Waals surface area (Å²) in [6, 6.07) is 10.5. The lowest BCUT2D eigenvalue weighted by molar-refractivity contribution is 0.168. The quantitative estimate of drug-likeness (QED) is 0.879. The highest BCUT2D eigenvalue weighted by atomic mass is 19.1. The second-order valence-corrected chi connectivity index (χ2v) is 7.07. The SMILES string of the molecule is CN1[C@@H]2CC[C@H]1CC(Nc1nc(Nc3cccc(C#N)c3)ncc1F)C2. The van der Waals surface area contributed by atoms with Gasteiger partial charge in [0.2, 0.25) is 5.95 Å². The Kier molecular flexibility index (Phi) is 4.43. The van der Waals surface area contributed by atoms with E-state index in [0.717, 1.165) is 12.8 Å². The molecule has 3 heterocycles. The summed E-state index contributed by atoms with van der Waals surface area (Å²) >= 11 is 0. The molecule has 3 atom stereocenters.